The second kappa shape index (κ2) is 21.9. The van der Waals surface area contributed by atoms with E-state index in [2.05, 4.69) is 148 Å². The molecule has 0 atom stereocenters. The minimum atomic E-state index is -4.56. The standard InChI is InChI=1S/C18H15Br2P.C11H7BrClF3N2.C11H8ClF3N2O.CH2Cl2/c19-21(20,16-10-4-1-5-11-16,17-12-6-2-7-13-17)18-14-8-3-9-15-18;12-6-7-5-10(11(14,15)16)17-18(7)9-4-2-1-3-8(9)13;12-8-3-1-2-4-9(8)17-7(6-18)5-10(16-17)11(13,14)15;2-1-3/h1-15H;1-5H,6H2;1-5,18H,6H2;1H2. The molecule has 7 aromatic rings. The number of hydrogen-bond acceptors (Lipinski definition) is 3. The van der Waals surface area contributed by atoms with Crippen LogP contribution in [0.4, 0.5) is 26.3 Å². The third kappa shape index (κ3) is 12.2. The van der Waals surface area contributed by atoms with Gasteiger partial charge in [0.15, 0.2) is 11.4 Å². The van der Waals surface area contributed by atoms with Crippen molar-refractivity contribution in [3.8, 4) is 11.4 Å². The zero-order valence-corrected chi connectivity index (χ0v) is 39.3. The first-order valence-corrected chi connectivity index (χ1v) is 26.3. The number of rotatable bonds is 7. The Balaban J connectivity index is 0.000000193. The van der Waals surface area contributed by atoms with Crippen molar-refractivity contribution in [2.24, 2.45) is 0 Å². The number of halogens is 13. The van der Waals surface area contributed by atoms with Gasteiger partial charge in [-0.05, 0) is 36.4 Å². The van der Waals surface area contributed by atoms with Crippen LogP contribution in [0.2, 0.25) is 10.0 Å². The molecule has 7 rings (SSSR count). The first kappa shape index (κ1) is 49.7. The molecule has 19 heteroatoms. The molecule has 0 aliphatic rings. The summed E-state index contributed by atoms with van der Waals surface area (Å²) in [6, 6.07) is 46.5. The molecule has 0 saturated carbocycles. The Labute approximate surface area is 386 Å². The number of aliphatic hydroxyl groups excluding tert-OH is 1. The zero-order valence-electron chi connectivity index (χ0n) is 30.7. The molecule has 60 heavy (non-hydrogen) atoms. The van der Waals surface area contributed by atoms with Crippen LogP contribution >= 0.6 is 97.3 Å². The molecule has 0 saturated heterocycles. The van der Waals surface area contributed by atoms with Gasteiger partial charge in [-0.15, -0.1) is 23.2 Å². The van der Waals surface area contributed by atoms with Gasteiger partial charge in [0.05, 0.1) is 44.8 Å². The number of alkyl halides is 9. The van der Waals surface area contributed by atoms with Crippen LogP contribution in [-0.2, 0) is 24.3 Å². The summed E-state index contributed by atoms with van der Waals surface area (Å²) in [6.07, 6.45) is -9.03. The minimum absolute atomic E-state index is 0.0235. The van der Waals surface area contributed by atoms with E-state index in [1.165, 1.54) is 32.7 Å². The molecular weight excluding hydrogens is 1090 g/mol. The number of hydrogen-bond donors (Lipinski definition) is 1. The van der Waals surface area contributed by atoms with Crippen molar-refractivity contribution < 1.29 is 31.4 Å². The van der Waals surface area contributed by atoms with Gasteiger partial charge in [-0.2, -0.15) is 36.5 Å². The minimum Gasteiger partial charge on any atom is -0.390 e. The summed E-state index contributed by atoms with van der Waals surface area (Å²) < 4.78 is 74.9. The molecule has 0 unspecified atom stereocenters. The van der Waals surface area contributed by atoms with Gasteiger partial charge in [0.1, 0.15) is 0 Å². The number of para-hydroxylation sites is 2. The van der Waals surface area contributed by atoms with Crippen molar-refractivity contribution in [1.29, 1.82) is 0 Å². The molecule has 0 fully saturated rings. The normalized spacial score (nSPS) is 12.1. The van der Waals surface area contributed by atoms with Gasteiger partial charge >= 0.3 is 154 Å². The molecule has 1 N–H and O–H groups in total. The SMILES string of the molecule is BrP(Br)(c1ccccc1)(c1ccccc1)c1ccccc1.ClCCl.FC(F)(F)c1cc(CBr)n(-c2ccccc2Cl)n1.OCc1cc(C(F)(F)F)nn1-c1ccccc1Cl. The Kier molecular flexibility index (Phi) is 18.2. The number of nitrogens with zero attached hydrogens (tertiary/aromatic N) is 4. The van der Waals surface area contributed by atoms with Gasteiger partial charge in [-0.3, -0.25) is 0 Å². The molecule has 5 nitrogen and oxygen atoms in total. The summed E-state index contributed by atoms with van der Waals surface area (Å²) >= 11 is 32.8. The van der Waals surface area contributed by atoms with Gasteiger partial charge in [0.2, 0.25) is 0 Å². The maximum atomic E-state index is 12.6. The Morgan fingerprint density at radius 3 is 1.13 bits per heavy atom. The molecule has 2 aromatic heterocycles. The van der Waals surface area contributed by atoms with E-state index in [9.17, 15) is 26.3 Å². The molecule has 0 spiro atoms. The average Bonchev–Trinajstić information content (AvgIpc) is 3.89. The van der Waals surface area contributed by atoms with E-state index in [0.29, 0.717) is 22.1 Å². The molecule has 0 aliphatic heterocycles. The van der Waals surface area contributed by atoms with Crippen LogP contribution < -0.4 is 15.9 Å². The average molecular weight is 1120 g/mol. The maximum absolute atomic E-state index is 12.6. The second-order valence-electron chi connectivity index (χ2n) is 12.1. The molecule has 2 heterocycles. The molecule has 318 valence electrons. The van der Waals surface area contributed by atoms with Crippen LogP contribution in [-0.4, -0.2) is 30.0 Å². The van der Waals surface area contributed by atoms with Gasteiger partial charge in [0, 0.05) is 5.33 Å². The molecule has 0 radical (unpaired) electrons. The maximum Gasteiger partial charge on any atom is 0.435 e. The molecular formula is C41H32Br3Cl4F6N4OP. The van der Waals surface area contributed by atoms with E-state index < -0.39 is 34.4 Å². The Hall–Kier alpha value is -2.91. The van der Waals surface area contributed by atoms with Crippen molar-refractivity contribution in [2.75, 3.05) is 5.34 Å². The summed E-state index contributed by atoms with van der Waals surface area (Å²) in [7, 11) is 0. The summed E-state index contributed by atoms with van der Waals surface area (Å²) in [4.78, 5) is 0. The van der Waals surface area contributed by atoms with Crippen LogP contribution in [0.3, 0.4) is 0 Å². The van der Waals surface area contributed by atoms with Gasteiger partial charge < -0.3 is 5.11 Å². The number of aromatic nitrogens is 4. The topological polar surface area (TPSA) is 55.9 Å². The van der Waals surface area contributed by atoms with E-state index in [1.54, 1.807) is 36.4 Å². The Bertz CT molecular complexity index is 2220. The molecule has 0 amide bonds. The number of benzene rings is 5. The fourth-order valence-corrected chi connectivity index (χ4v) is 13.6. The van der Waals surface area contributed by atoms with Crippen LogP contribution in [0.25, 0.3) is 11.4 Å². The summed E-state index contributed by atoms with van der Waals surface area (Å²) in [5, 5.41) is 20.9. The van der Waals surface area contributed by atoms with Crippen molar-refractivity contribution in [1.82, 2.24) is 19.6 Å². The van der Waals surface area contributed by atoms with Gasteiger partial charge in [-0.25, -0.2) is 9.36 Å². The first-order valence-electron chi connectivity index (χ1n) is 17.1. The number of aliphatic hydroxyl groups is 1. The fraction of sp³-hybridized carbons (Fsp3) is 0.122. The predicted molar refractivity (Wildman–Crippen MR) is 245 cm³/mol. The van der Waals surface area contributed by atoms with Crippen LogP contribution in [0, 0.1) is 0 Å². The van der Waals surface area contributed by atoms with Gasteiger partial charge in [0.25, 0.3) is 0 Å². The Morgan fingerprint density at radius 2 is 0.833 bits per heavy atom. The Morgan fingerprint density at radius 1 is 0.533 bits per heavy atom. The second-order valence-corrected chi connectivity index (χ2v) is 29.0. The largest absolute Gasteiger partial charge is 0.435 e. The van der Waals surface area contributed by atoms with Crippen LogP contribution in [0.1, 0.15) is 22.8 Å². The van der Waals surface area contributed by atoms with Crippen LogP contribution in [0.5, 0.6) is 0 Å². The quantitative estimate of drug-likeness (QED) is 0.0983. The third-order valence-electron chi connectivity index (χ3n) is 8.24. The van der Waals surface area contributed by atoms with Crippen molar-refractivity contribution in [3.05, 3.63) is 184 Å². The smallest absolute Gasteiger partial charge is 0.390 e. The van der Waals surface area contributed by atoms with E-state index in [4.69, 9.17) is 51.5 Å². The summed E-state index contributed by atoms with van der Waals surface area (Å²) in [5.74, 6) is 0. The van der Waals surface area contributed by atoms with E-state index in [0.717, 1.165) is 16.8 Å². The van der Waals surface area contributed by atoms with Gasteiger partial charge in [-0.1, -0.05) is 63.4 Å². The monoisotopic (exact) mass is 1120 g/mol. The fourth-order valence-electron chi connectivity index (χ4n) is 5.51. The van der Waals surface area contributed by atoms with E-state index in [-0.39, 0.29) is 21.4 Å². The van der Waals surface area contributed by atoms with Crippen molar-refractivity contribution in [3.63, 3.8) is 0 Å². The van der Waals surface area contributed by atoms with Crippen molar-refractivity contribution >= 4 is 113 Å². The summed E-state index contributed by atoms with van der Waals surface area (Å²) in [5.41, 5.74) is -0.878. The molecule has 0 bridgehead atoms. The first-order chi connectivity index (χ1) is 28.4. The van der Waals surface area contributed by atoms with E-state index >= 15 is 0 Å². The predicted octanol–water partition coefficient (Wildman–Crippen LogP) is 14.0. The van der Waals surface area contributed by atoms with Crippen LogP contribution in [0.15, 0.2) is 152 Å². The summed E-state index contributed by atoms with van der Waals surface area (Å²) in [6.45, 7) is -0.561. The zero-order chi connectivity index (χ0) is 44.2. The van der Waals surface area contributed by atoms with E-state index in [1.807, 2.05) is 0 Å². The third-order valence-corrected chi connectivity index (χ3v) is 20.4. The van der Waals surface area contributed by atoms with Crippen molar-refractivity contribution in [2.45, 2.75) is 24.3 Å². The molecule has 5 aromatic carbocycles. The molecule has 0 aliphatic carbocycles.